The van der Waals surface area contributed by atoms with Gasteiger partial charge in [-0.2, -0.15) is 0 Å². The molecule has 1 aromatic heterocycles. The molecule has 0 fully saturated rings. The van der Waals surface area contributed by atoms with E-state index in [0.717, 1.165) is 27.4 Å². The van der Waals surface area contributed by atoms with Gasteiger partial charge in [0, 0.05) is 28.0 Å². The van der Waals surface area contributed by atoms with Crippen LogP contribution in [0.25, 0.3) is 11.3 Å². The van der Waals surface area contributed by atoms with Gasteiger partial charge in [-0.05, 0) is 49.2 Å². The van der Waals surface area contributed by atoms with E-state index in [-0.39, 0.29) is 18.4 Å². The van der Waals surface area contributed by atoms with E-state index in [4.69, 9.17) is 0 Å². The first kappa shape index (κ1) is 22.2. The number of hydrogen-bond donors (Lipinski definition) is 3. The molecule has 0 atom stereocenters. The molecule has 4 aromatic rings. The Hall–Kier alpha value is -3.97. The molecule has 0 aliphatic heterocycles. The third-order valence-electron chi connectivity index (χ3n) is 5.03. The molecule has 7 heteroatoms. The molecule has 6 nitrogen and oxygen atoms in total. The van der Waals surface area contributed by atoms with Crippen molar-refractivity contribution in [2.24, 2.45) is 0 Å². The summed E-state index contributed by atoms with van der Waals surface area (Å²) < 4.78 is 0. The van der Waals surface area contributed by atoms with Gasteiger partial charge in [-0.3, -0.25) is 4.79 Å². The highest BCUT2D eigenvalue weighted by Crippen LogP contribution is 2.23. The minimum atomic E-state index is -0.349. The first-order chi connectivity index (χ1) is 16.0. The molecule has 0 aliphatic carbocycles. The number of carbonyl (C=O) groups excluding carboxylic acids is 2. The smallest absolute Gasteiger partial charge is 0.323 e. The Morgan fingerprint density at radius 3 is 2.27 bits per heavy atom. The Labute approximate surface area is 196 Å². The number of anilines is 3. The lowest BCUT2D eigenvalue weighted by molar-refractivity contribution is -0.115. The third kappa shape index (κ3) is 6.05. The van der Waals surface area contributed by atoms with Crippen molar-refractivity contribution in [1.29, 1.82) is 0 Å². The van der Waals surface area contributed by atoms with Crippen molar-refractivity contribution in [3.8, 4) is 11.3 Å². The number of para-hydroxylation sites is 1. The predicted octanol–water partition coefficient (Wildman–Crippen LogP) is 6.25. The number of urea groups is 1. The number of nitrogens with zero attached hydrogens (tertiary/aromatic N) is 1. The fourth-order valence-electron chi connectivity index (χ4n) is 3.32. The Balaban J connectivity index is 1.37. The number of hydrogen-bond acceptors (Lipinski definition) is 4. The number of aryl methyl sites for hydroxylation is 2. The summed E-state index contributed by atoms with van der Waals surface area (Å²) in [6.45, 7) is 3.89. The Bertz CT molecular complexity index is 1270. The number of thiazole rings is 1. The van der Waals surface area contributed by atoms with Crippen molar-refractivity contribution in [1.82, 2.24) is 4.98 Å². The molecular formula is C26H24N4O2S. The molecule has 166 valence electrons. The molecule has 1 heterocycles. The van der Waals surface area contributed by atoms with Crippen LogP contribution in [0.3, 0.4) is 0 Å². The lowest BCUT2D eigenvalue weighted by atomic mass is 10.1. The van der Waals surface area contributed by atoms with Gasteiger partial charge in [0.15, 0.2) is 0 Å². The van der Waals surface area contributed by atoms with E-state index < -0.39 is 0 Å². The number of aromatic nitrogens is 1. The summed E-state index contributed by atoms with van der Waals surface area (Å²) in [4.78, 5) is 29.4. The van der Waals surface area contributed by atoms with Gasteiger partial charge in [-0.1, -0.05) is 48.5 Å². The molecule has 0 bridgehead atoms. The second kappa shape index (κ2) is 10.1. The zero-order valence-electron chi connectivity index (χ0n) is 18.4. The summed E-state index contributed by atoms with van der Waals surface area (Å²) in [5.41, 5.74) is 5.76. The molecule has 3 aromatic carbocycles. The summed E-state index contributed by atoms with van der Waals surface area (Å²) in [5.74, 6) is -0.124. The van der Waals surface area contributed by atoms with E-state index >= 15 is 0 Å². The van der Waals surface area contributed by atoms with Gasteiger partial charge >= 0.3 is 6.03 Å². The fraction of sp³-hybridized carbons (Fsp3) is 0.115. The highest BCUT2D eigenvalue weighted by molar-refractivity contribution is 7.09. The first-order valence-corrected chi connectivity index (χ1v) is 11.4. The predicted molar refractivity (Wildman–Crippen MR) is 135 cm³/mol. The molecule has 0 spiro atoms. The minimum absolute atomic E-state index is 0.124. The molecule has 0 saturated carbocycles. The van der Waals surface area contributed by atoms with Crippen LogP contribution >= 0.6 is 11.3 Å². The zero-order chi connectivity index (χ0) is 23.2. The van der Waals surface area contributed by atoms with Crippen LogP contribution in [0, 0.1) is 13.8 Å². The van der Waals surface area contributed by atoms with Crippen molar-refractivity contribution in [2.75, 3.05) is 16.0 Å². The van der Waals surface area contributed by atoms with Crippen LogP contribution in [-0.4, -0.2) is 16.9 Å². The topological polar surface area (TPSA) is 83.1 Å². The van der Waals surface area contributed by atoms with Crippen LogP contribution in [0.4, 0.5) is 21.9 Å². The molecule has 3 amide bonds. The molecule has 3 N–H and O–H groups in total. The fourth-order valence-corrected chi connectivity index (χ4v) is 3.94. The summed E-state index contributed by atoms with van der Waals surface area (Å²) in [6, 6.07) is 22.1. The molecule has 0 aliphatic rings. The Morgan fingerprint density at radius 1 is 0.848 bits per heavy atom. The van der Waals surface area contributed by atoms with Crippen LogP contribution in [0.15, 0.2) is 78.2 Å². The second-order valence-electron chi connectivity index (χ2n) is 7.65. The van der Waals surface area contributed by atoms with E-state index in [1.165, 1.54) is 0 Å². The monoisotopic (exact) mass is 456 g/mol. The summed E-state index contributed by atoms with van der Waals surface area (Å²) in [5, 5.41) is 11.6. The van der Waals surface area contributed by atoms with Gasteiger partial charge in [0.1, 0.15) is 0 Å². The van der Waals surface area contributed by atoms with Gasteiger partial charge in [-0.15, -0.1) is 11.3 Å². The average Bonchev–Trinajstić information content (AvgIpc) is 3.23. The number of benzene rings is 3. The standard InChI is InChI=1S/C26H24N4O2S/c1-17-8-13-22(29-26(32)28-21-6-4-3-5-7-21)15-23(17)30-25(31)14-19-9-11-20(12-10-19)24-16-33-18(2)27-24/h3-13,15-16H,14H2,1-2H3,(H,30,31)(H2,28,29,32). The lowest BCUT2D eigenvalue weighted by Gasteiger charge is -2.12. The number of carbonyl (C=O) groups is 2. The number of nitrogens with one attached hydrogen (secondary N) is 3. The summed E-state index contributed by atoms with van der Waals surface area (Å²) in [7, 11) is 0. The maximum Gasteiger partial charge on any atom is 0.323 e. The summed E-state index contributed by atoms with van der Waals surface area (Å²) in [6.07, 6.45) is 0.252. The normalized spacial score (nSPS) is 10.5. The van der Waals surface area contributed by atoms with E-state index in [0.29, 0.717) is 17.1 Å². The number of rotatable bonds is 6. The van der Waals surface area contributed by atoms with Crippen LogP contribution in [0.2, 0.25) is 0 Å². The quantitative estimate of drug-likeness (QED) is 0.321. The average molecular weight is 457 g/mol. The van der Waals surface area contributed by atoms with E-state index in [1.54, 1.807) is 23.5 Å². The SMILES string of the molecule is Cc1nc(-c2ccc(CC(=O)Nc3cc(NC(=O)Nc4ccccc4)ccc3C)cc2)cs1. The van der Waals surface area contributed by atoms with Gasteiger partial charge < -0.3 is 16.0 Å². The molecule has 0 radical (unpaired) electrons. The first-order valence-electron chi connectivity index (χ1n) is 10.5. The van der Waals surface area contributed by atoms with Gasteiger partial charge in [0.2, 0.25) is 5.91 Å². The van der Waals surface area contributed by atoms with Gasteiger partial charge in [-0.25, -0.2) is 9.78 Å². The molecule has 33 heavy (non-hydrogen) atoms. The van der Waals surface area contributed by atoms with Crippen molar-refractivity contribution in [3.05, 3.63) is 94.3 Å². The largest absolute Gasteiger partial charge is 0.325 e. The Kier molecular flexibility index (Phi) is 6.80. The van der Waals surface area contributed by atoms with Gasteiger partial charge in [0.05, 0.1) is 17.1 Å². The maximum atomic E-state index is 12.6. The minimum Gasteiger partial charge on any atom is -0.325 e. The molecule has 0 saturated heterocycles. The van der Waals surface area contributed by atoms with Crippen molar-refractivity contribution in [3.63, 3.8) is 0 Å². The third-order valence-corrected chi connectivity index (χ3v) is 5.81. The van der Waals surface area contributed by atoms with Crippen molar-refractivity contribution in [2.45, 2.75) is 20.3 Å². The van der Waals surface area contributed by atoms with E-state index in [2.05, 4.69) is 20.9 Å². The van der Waals surface area contributed by atoms with Crippen LogP contribution < -0.4 is 16.0 Å². The highest BCUT2D eigenvalue weighted by Gasteiger charge is 2.10. The number of amides is 3. The van der Waals surface area contributed by atoms with Crippen molar-refractivity contribution >= 4 is 40.3 Å². The van der Waals surface area contributed by atoms with E-state index in [1.807, 2.05) is 79.9 Å². The van der Waals surface area contributed by atoms with E-state index in [9.17, 15) is 9.59 Å². The van der Waals surface area contributed by atoms with Crippen LogP contribution in [-0.2, 0) is 11.2 Å². The highest BCUT2D eigenvalue weighted by atomic mass is 32.1. The van der Waals surface area contributed by atoms with Crippen LogP contribution in [0.5, 0.6) is 0 Å². The zero-order valence-corrected chi connectivity index (χ0v) is 19.2. The molecule has 0 unspecified atom stereocenters. The maximum absolute atomic E-state index is 12.6. The molecular weight excluding hydrogens is 432 g/mol. The Morgan fingerprint density at radius 2 is 1.58 bits per heavy atom. The second-order valence-corrected chi connectivity index (χ2v) is 8.71. The van der Waals surface area contributed by atoms with Crippen molar-refractivity contribution < 1.29 is 9.59 Å². The summed E-state index contributed by atoms with van der Waals surface area (Å²) >= 11 is 1.62. The molecule has 4 rings (SSSR count). The van der Waals surface area contributed by atoms with Crippen LogP contribution in [0.1, 0.15) is 16.1 Å². The lowest BCUT2D eigenvalue weighted by Crippen LogP contribution is -2.20. The van der Waals surface area contributed by atoms with Gasteiger partial charge in [0.25, 0.3) is 0 Å².